The molecule has 3 aromatic rings. The molecule has 2 unspecified atom stereocenters. The van der Waals surface area contributed by atoms with E-state index in [1.54, 1.807) is 4.90 Å². The number of amides is 1. The highest BCUT2D eigenvalue weighted by atomic mass is 16.5. The van der Waals surface area contributed by atoms with Crippen molar-refractivity contribution in [3.63, 3.8) is 0 Å². The number of aliphatic hydroxyl groups is 1. The van der Waals surface area contributed by atoms with Gasteiger partial charge in [0.2, 0.25) is 0 Å². The molecule has 2 heterocycles. The lowest BCUT2D eigenvalue weighted by Gasteiger charge is -2.34. The van der Waals surface area contributed by atoms with Crippen molar-refractivity contribution in [2.45, 2.75) is 63.6 Å². The molecule has 0 bridgehead atoms. The average molecular weight is 478 g/mol. The Labute approximate surface area is 204 Å². The molecule has 35 heavy (non-hydrogen) atoms. The molecule has 0 saturated heterocycles. The summed E-state index contributed by atoms with van der Waals surface area (Å²) in [5.74, 6) is -0.676. The van der Waals surface area contributed by atoms with Crippen molar-refractivity contribution in [1.29, 1.82) is 0 Å². The summed E-state index contributed by atoms with van der Waals surface area (Å²) in [5, 5.41) is 21.1. The van der Waals surface area contributed by atoms with E-state index < -0.39 is 24.1 Å². The monoisotopic (exact) mass is 477 g/mol. The first kappa shape index (κ1) is 23.4. The molecule has 1 fully saturated rings. The van der Waals surface area contributed by atoms with Gasteiger partial charge in [-0.25, -0.2) is 9.78 Å². The summed E-state index contributed by atoms with van der Waals surface area (Å²) in [6, 6.07) is 13.2. The predicted octanol–water partition coefficient (Wildman–Crippen LogP) is 4.84. The Morgan fingerprint density at radius 2 is 1.89 bits per heavy atom. The van der Waals surface area contributed by atoms with Crippen molar-refractivity contribution in [3.8, 4) is 0 Å². The summed E-state index contributed by atoms with van der Waals surface area (Å²) in [5.41, 5.74) is 4.08. The second-order valence-electron chi connectivity index (χ2n) is 9.67. The molecule has 1 aliphatic heterocycles. The number of nitrogens with zero attached hydrogens (tertiary/aromatic N) is 3. The first-order chi connectivity index (χ1) is 16.9. The maximum Gasteiger partial charge on any atom is 0.414 e. The highest BCUT2D eigenvalue weighted by molar-refractivity contribution is 5.95. The van der Waals surface area contributed by atoms with Crippen LogP contribution in [0.15, 0.2) is 42.5 Å². The largest absolute Gasteiger partial charge is 0.481 e. The minimum absolute atomic E-state index is 0.00136. The topological polar surface area (TPSA) is 105 Å². The van der Waals surface area contributed by atoms with Crippen LogP contribution in [-0.4, -0.2) is 45.0 Å². The smallest absolute Gasteiger partial charge is 0.414 e. The van der Waals surface area contributed by atoms with Gasteiger partial charge in [0.15, 0.2) is 0 Å². The number of imidazole rings is 1. The number of methoxy groups -OCH3 is 1. The number of carbonyl (C=O) groups is 2. The van der Waals surface area contributed by atoms with Gasteiger partial charge in [0.05, 0.1) is 29.7 Å². The van der Waals surface area contributed by atoms with Gasteiger partial charge in [-0.15, -0.1) is 0 Å². The minimum Gasteiger partial charge on any atom is -0.481 e. The van der Waals surface area contributed by atoms with Gasteiger partial charge in [-0.1, -0.05) is 36.8 Å². The lowest BCUT2D eigenvalue weighted by Crippen LogP contribution is -2.42. The number of hydrogen-bond acceptors (Lipinski definition) is 5. The van der Waals surface area contributed by atoms with Crippen LogP contribution in [-0.2, 0) is 16.0 Å². The van der Waals surface area contributed by atoms with Crippen LogP contribution in [0, 0.1) is 5.92 Å². The van der Waals surface area contributed by atoms with Crippen molar-refractivity contribution >= 4 is 28.8 Å². The van der Waals surface area contributed by atoms with Crippen LogP contribution in [0.3, 0.4) is 0 Å². The second kappa shape index (κ2) is 9.34. The predicted molar refractivity (Wildman–Crippen MR) is 132 cm³/mol. The van der Waals surface area contributed by atoms with E-state index >= 15 is 0 Å². The standard InChI is InChI=1S/C27H31N3O5/c1-16-11-12-20-21(29(16)27(34)35-2)13-14-22-23(20)28-25(24(31)17-7-4-3-5-8-17)30(22)19-10-6-9-18(15-19)26(32)33/h3-5,7-8,13-14,16,18-19,24,31H,6,9-12,15H2,1-2H3,(H,32,33)/t16-,18+,19?,24?/m0/s1. The summed E-state index contributed by atoms with van der Waals surface area (Å²) >= 11 is 0. The van der Waals surface area contributed by atoms with E-state index in [1.807, 2.05) is 49.4 Å². The third kappa shape index (κ3) is 4.05. The van der Waals surface area contributed by atoms with Crippen LogP contribution in [0.2, 0.25) is 0 Å². The molecule has 8 nitrogen and oxygen atoms in total. The summed E-state index contributed by atoms with van der Waals surface area (Å²) in [6.45, 7) is 2.00. The number of anilines is 1. The third-order valence-corrected chi connectivity index (χ3v) is 7.57. The summed E-state index contributed by atoms with van der Waals surface area (Å²) in [7, 11) is 1.38. The molecule has 0 spiro atoms. The fourth-order valence-electron chi connectivity index (χ4n) is 5.78. The van der Waals surface area contributed by atoms with Crippen molar-refractivity contribution < 1.29 is 24.5 Å². The number of aryl methyl sites for hydroxylation is 1. The summed E-state index contributed by atoms with van der Waals surface area (Å²) in [4.78, 5) is 31.0. The molecule has 1 aliphatic carbocycles. The quantitative estimate of drug-likeness (QED) is 0.557. The number of carbonyl (C=O) groups excluding carboxylic acids is 1. The molecule has 1 aromatic heterocycles. The van der Waals surface area contributed by atoms with Crippen LogP contribution < -0.4 is 4.90 Å². The van der Waals surface area contributed by atoms with Crippen LogP contribution in [0.1, 0.15) is 68.1 Å². The van der Waals surface area contributed by atoms with Crippen LogP contribution >= 0.6 is 0 Å². The van der Waals surface area contributed by atoms with E-state index in [4.69, 9.17) is 9.72 Å². The third-order valence-electron chi connectivity index (χ3n) is 7.57. The molecule has 8 heteroatoms. The van der Waals surface area contributed by atoms with Crippen molar-refractivity contribution in [2.24, 2.45) is 5.92 Å². The van der Waals surface area contributed by atoms with Crippen LogP contribution in [0.25, 0.3) is 11.0 Å². The number of carboxylic acids is 1. The van der Waals surface area contributed by atoms with Crippen molar-refractivity contribution in [3.05, 3.63) is 59.4 Å². The van der Waals surface area contributed by atoms with Gasteiger partial charge in [0, 0.05) is 17.6 Å². The number of aromatic nitrogens is 2. The Kier molecular flexibility index (Phi) is 6.23. The minimum atomic E-state index is -0.955. The molecule has 4 atom stereocenters. The molecule has 5 rings (SSSR count). The molecule has 184 valence electrons. The Bertz CT molecular complexity index is 1250. The molecule has 2 aliphatic rings. The number of aliphatic hydroxyl groups excluding tert-OH is 1. The van der Waals surface area contributed by atoms with Crippen molar-refractivity contribution in [2.75, 3.05) is 12.0 Å². The maximum atomic E-state index is 12.6. The van der Waals surface area contributed by atoms with Gasteiger partial charge in [-0.3, -0.25) is 9.69 Å². The lowest BCUT2D eigenvalue weighted by molar-refractivity contribution is -0.143. The normalized spacial score (nSPS) is 23.1. The highest BCUT2D eigenvalue weighted by Gasteiger charge is 2.35. The van der Waals surface area contributed by atoms with Gasteiger partial charge in [-0.2, -0.15) is 0 Å². The van der Waals surface area contributed by atoms with Crippen LogP contribution in [0.5, 0.6) is 0 Å². The fraction of sp³-hybridized carbons (Fsp3) is 0.444. The molecule has 1 amide bonds. The highest BCUT2D eigenvalue weighted by Crippen LogP contribution is 2.42. The fourth-order valence-corrected chi connectivity index (χ4v) is 5.78. The lowest BCUT2D eigenvalue weighted by atomic mass is 9.85. The van der Waals surface area contributed by atoms with Crippen molar-refractivity contribution in [1.82, 2.24) is 9.55 Å². The number of ether oxygens (including phenoxy) is 1. The van der Waals surface area contributed by atoms with Crippen LogP contribution in [0.4, 0.5) is 10.5 Å². The number of aliphatic carboxylic acids is 1. The Morgan fingerprint density at radius 1 is 1.11 bits per heavy atom. The maximum absolute atomic E-state index is 12.6. The zero-order chi connectivity index (χ0) is 24.7. The van der Waals surface area contributed by atoms with E-state index in [-0.39, 0.29) is 12.1 Å². The first-order valence-electron chi connectivity index (χ1n) is 12.3. The van der Waals surface area contributed by atoms with Gasteiger partial charge in [0.1, 0.15) is 11.9 Å². The summed E-state index contributed by atoms with van der Waals surface area (Å²) in [6.07, 6.45) is 2.96. The van der Waals surface area contributed by atoms with Gasteiger partial charge < -0.3 is 19.5 Å². The van der Waals surface area contributed by atoms with Gasteiger partial charge in [0.25, 0.3) is 0 Å². The number of hydrogen-bond donors (Lipinski definition) is 2. The van der Waals surface area contributed by atoms with E-state index in [1.165, 1.54) is 7.11 Å². The zero-order valence-corrected chi connectivity index (χ0v) is 20.1. The van der Waals surface area contributed by atoms with E-state index in [2.05, 4.69) is 4.57 Å². The number of carboxylic acid groups (broad SMARTS) is 1. The molecule has 1 saturated carbocycles. The van der Waals surface area contributed by atoms with E-state index in [0.29, 0.717) is 18.7 Å². The second-order valence-corrected chi connectivity index (χ2v) is 9.67. The SMILES string of the molecule is COC(=O)N1c2ccc3c(nc(C(O)c4ccccc4)n3C3CCC[C@@H](C(=O)O)C3)c2CC[C@@H]1C. The van der Waals surface area contributed by atoms with Gasteiger partial charge >= 0.3 is 12.1 Å². The van der Waals surface area contributed by atoms with E-state index in [0.717, 1.165) is 53.5 Å². The van der Waals surface area contributed by atoms with Gasteiger partial charge in [-0.05, 0) is 56.7 Å². The molecule has 2 N–H and O–H groups in total. The Hall–Kier alpha value is -3.39. The first-order valence-corrected chi connectivity index (χ1v) is 12.3. The molecular weight excluding hydrogens is 446 g/mol. The zero-order valence-electron chi connectivity index (χ0n) is 20.1. The Morgan fingerprint density at radius 3 is 2.60 bits per heavy atom. The number of benzene rings is 2. The molecule has 2 aromatic carbocycles. The number of rotatable bonds is 4. The molecular formula is C27H31N3O5. The average Bonchev–Trinajstić information content (AvgIpc) is 3.28. The number of fused-ring (bicyclic) bond motifs is 3. The summed E-state index contributed by atoms with van der Waals surface area (Å²) < 4.78 is 7.11. The molecule has 0 radical (unpaired) electrons. The Balaban J connectivity index is 1.69. The van der Waals surface area contributed by atoms with E-state index in [9.17, 15) is 19.8 Å².